The first-order valence-electron chi connectivity index (χ1n) is 6.79. The minimum Gasteiger partial charge on any atom is -0.377 e. The van der Waals surface area contributed by atoms with Crippen LogP contribution in [0.5, 0.6) is 0 Å². The number of anilines is 1. The average molecular weight is 297 g/mol. The number of rotatable bonds is 3. The molecule has 1 unspecified atom stereocenters. The Balaban J connectivity index is 1.90. The van der Waals surface area contributed by atoms with Crippen LogP contribution in [0.3, 0.4) is 0 Å². The Morgan fingerprint density at radius 1 is 1.50 bits per heavy atom. The molecule has 1 saturated heterocycles. The summed E-state index contributed by atoms with van der Waals surface area (Å²) < 4.78 is 5.40. The van der Waals surface area contributed by atoms with E-state index >= 15 is 0 Å². The van der Waals surface area contributed by atoms with Crippen LogP contribution in [0.1, 0.15) is 24.6 Å². The van der Waals surface area contributed by atoms with Crippen LogP contribution in [0.25, 0.3) is 0 Å². The number of aromatic nitrogens is 2. The van der Waals surface area contributed by atoms with E-state index in [1.165, 1.54) is 0 Å². The molecule has 108 valence electrons. The Morgan fingerprint density at radius 3 is 3.00 bits per heavy atom. The van der Waals surface area contributed by atoms with Crippen LogP contribution in [-0.2, 0) is 9.53 Å². The number of carbonyl (C=O) groups is 1. The highest BCUT2D eigenvalue weighted by molar-refractivity contribution is 6.29. The zero-order valence-corrected chi connectivity index (χ0v) is 12.1. The molecular formula is C13H17ClN4O2. The third kappa shape index (κ3) is 2.71. The van der Waals surface area contributed by atoms with Gasteiger partial charge in [-0.2, -0.15) is 0 Å². The Bertz CT molecular complexity index is 521. The van der Waals surface area contributed by atoms with E-state index in [-0.39, 0.29) is 11.9 Å². The highest BCUT2D eigenvalue weighted by Gasteiger charge is 2.32. The van der Waals surface area contributed by atoms with Gasteiger partial charge in [-0.05, 0) is 12.8 Å². The molecule has 6 nitrogen and oxygen atoms in total. The van der Waals surface area contributed by atoms with Crippen LogP contribution in [0.4, 0.5) is 5.82 Å². The third-order valence-electron chi connectivity index (χ3n) is 3.61. The lowest BCUT2D eigenvalue weighted by molar-refractivity contribution is -0.124. The highest BCUT2D eigenvalue weighted by atomic mass is 35.5. The van der Waals surface area contributed by atoms with E-state index in [1.54, 1.807) is 13.1 Å². The first kappa shape index (κ1) is 13.6. The molecule has 3 rings (SSSR count). The summed E-state index contributed by atoms with van der Waals surface area (Å²) in [5.74, 6) is 1.85. The van der Waals surface area contributed by atoms with Crippen LogP contribution in [0.2, 0.25) is 5.15 Å². The third-order valence-corrected chi connectivity index (χ3v) is 3.81. The normalized spacial score (nSPS) is 22.7. The predicted molar refractivity (Wildman–Crippen MR) is 75.0 cm³/mol. The van der Waals surface area contributed by atoms with Gasteiger partial charge in [-0.15, -0.1) is 0 Å². The van der Waals surface area contributed by atoms with Crippen LogP contribution in [-0.4, -0.2) is 48.7 Å². The zero-order valence-electron chi connectivity index (χ0n) is 11.3. The molecular weight excluding hydrogens is 280 g/mol. The van der Waals surface area contributed by atoms with E-state index < -0.39 is 0 Å². The molecule has 1 N–H and O–H groups in total. The number of amides is 1. The van der Waals surface area contributed by atoms with Gasteiger partial charge >= 0.3 is 0 Å². The van der Waals surface area contributed by atoms with Gasteiger partial charge in [0.15, 0.2) is 0 Å². The van der Waals surface area contributed by atoms with E-state index in [9.17, 15) is 4.79 Å². The molecule has 1 aromatic heterocycles. The maximum Gasteiger partial charge on any atom is 0.244 e. The van der Waals surface area contributed by atoms with Gasteiger partial charge in [-0.3, -0.25) is 4.79 Å². The zero-order chi connectivity index (χ0) is 14.1. The van der Waals surface area contributed by atoms with Crippen molar-refractivity contribution in [1.82, 2.24) is 15.3 Å². The molecule has 0 bridgehead atoms. The van der Waals surface area contributed by atoms with Crippen molar-refractivity contribution in [2.24, 2.45) is 0 Å². The number of nitrogens with one attached hydrogen (secondary N) is 1. The van der Waals surface area contributed by atoms with E-state index in [1.807, 2.05) is 4.90 Å². The van der Waals surface area contributed by atoms with Crippen molar-refractivity contribution in [3.05, 3.63) is 17.0 Å². The van der Waals surface area contributed by atoms with Crippen LogP contribution in [0, 0.1) is 0 Å². The summed E-state index contributed by atoms with van der Waals surface area (Å²) >= 11 is 6.09. The fraction of sp³-hybridized carbons (Fsp3) is 0.615. The Kier molecular flexibility index (Phi) is 3.76. The van der Waals surface area contributed by atoms with Crippen molar-refractivity contribution in [2.45, 2.75) is 24.8 Å². The van der Waals surface area contributed by atoms with Gasteiger partial charge in [0.1, 0.15) is 22.8 Å². The smallest absolute Gasteiger partial charge is 0.244 e. The Hall–Kier alpha value is -1.40. The number of morpholine rings is 1. The van der Waals surface area contributed by atoms with Crippen molar-refractivity contribution in [3.63, 3.8) is 0 Å². The number of halogens is 1. The van der Waals surface area contributed by atoms with Gasteiger partial charge in [-0.1, -0.05) is 11.6 Å². The Labute approximate surface area is 122 Å². The van der Waals surface area contributed by atoms with Crippen LogP contribution >= 0.6 is 11.6 Å². The van der Waals surface area contributed by atoms with Gasteiger partial charge in [0.25, 0.3) is 0 Å². The largest absolute Gasteiger partial charge is 0.377 e. The molecule has 0 radical (unpaired) electrons. The quantitative estimate of drug-likeness (QED) is 0.842. The molecule has 0 aromatic carbocycles. The van der Waals surface area contributed by atoms with E-state index in [2.05, 4.69) is 15.3 Å². The van der Waals surface area contributed by atoms with E-state index in [0.717, 1.165) is 18.7 Å². The minimum atomic E-state index is -0.369. The number of likely N-dealkylation sites (N-methyl/N-ethyl adjacent to an activating group) is 1. The maximum atomic E-state index is 12.0. The van der Waals surface area contributed by atoms with Crippen molar-refractivity contribution >= 4 is 23.3 Å². The second-order valence-electron chi connectivity index (χ2n) is 5.08. The van der Waals surface area contributed by atoms with Crippen LogP contribution < -0.4 is 10.2 Å². The summed E-state index contributed by atoms with van der Waals surface area (Å²) in [7, 11) is 1.62. The molecule has 2 aliphatic rings. The average Bonchev–Trinajstić information content (AvgIpc) is 3.30. The lowest BCUT2D eigenvalue weighted by Gasteiger charge is -2.35. The van der Waals surface area contributed by atoms with Crippen LogP contribution in [0.15, 0.2) is 6.07 Å². The monoisotopic (exact) mass is 296 g/mol. The molecule has 1 aliphatic heterocycles. The second-order valence-corrected chi connectivity index (χ2v) is 5.47. The molecule has 20 heavy (non-hydrogen) atoms. The number of hydrogen-bond acceptors (Lipinski definition) is 5. The van der Waals surface area contributed by atoms with Gasteiger partial charge in [0, 0.05) is 25.6 Å². The summed E-state index contributed by atoms with van der Waals surface area (Å²) in [5.41, 5.74) is 0. The fourth-order valence-electron chi connectivity index (χ4n) is 2.36. The summed E-state index contributed by atoms with van der Waals surface area (Å²) in [6.07, 6.45) is 2.23. The molecule has 0 spiro atoms. The lowest BCUT2D eigenvalue weighted by atomic mass is 10.2. The standard InChI is InChI=1S/C13H17ClN4O2/c1-15-13(19)9-7-20-5-4-18(9)11-6-10(14)16-12(17-11)8-2-3-8/h6,8-9H,2-5,7H2,1H3,(H,15,19). The van der Waals surface area contributed by atoms with Gasteiger partial charge in [0.05, 0.1) is 13.2 Å². The summed E-state index contributed by atoms with van der Waals surface area (Å²) in [6, 6.07) is 1.35. The molecule has 1 atom stereocenters. The van der Waals surface area contributed by atoms with E-state index in [0.29, 0.717) is 36.6 Å². The molecule has 2 fully saturated rings. The van der Waals surface area contributed by atoms with Crippen molar-refractivity contribution in [1.29, 1.82) is 0 Å². The number of hydrogen-bond donors (Lipinski definition) is 1. The van der Waals surface area contributed by atoms with Crippen molar-refractivity contribution in [3.8, 4) is 0 Å². The minimum absolute atomic E-state index is 0.0765. The van der Waals surface area contributed by atoms with Crippen molar-refractivity contribution < 1.29 is 9.53 Å². The maximum absolute atomic E-state index is 12.0. The summed E-state index contributed by atoms with van der Waals surface area (Å²) in [5, 5.41) is 3.09. The molecule has 1 aliphatic carbocycles. The first-order chi connectivity index (χ1) is 9.69. The van der Waals surface area contributed by atoms with Crippen molar-refractivity contribution in [2.75, 3.05) is 31.7 Å². The SMILES string of the molecule is CNC(=O)C1COCCN1c1cc(Cl)nc(C2CC2)n1. The number of ether oxygens (including phenoxy) is 1. The molecule has 2 heterocycles. The lowest BCUT2D eigenvalue weighted by Crippen LogP contribution is -2.53. The Morgan fingerprint density at radius 2 is 2.30 bits per heavy atom. The fourth-order valence-corrected chi connectivity index (χ4v) is 2.54. The summed E-state index contributed by atoms with van der Waals surface area (Å²) in [6.45, 7) is 1.56. The number of nitrogens with zero attached hydrogens (tertiary/aromatic N) is 3. The van der Waals surface area contributed by atoms with Gasteiger partial charge in [0.2, 0.25) is 5.91 Å². The van der Waals surface area contributed by atoms with Gasteiger partial charge in [-0.25, -0.2) is 9.97 Å². The molecule has 7 heteroatoms. The number of carbonyl (C=O) groups excluding carboxylic acids is 1. The topological polar surface area (TPSA) is 67.3 Å². The first-order valence-corrected chi connectivity index (χ1v) is 7.17. The molecule has 1 amide bonds. The van der Waals surface area contributed by atoms with Gasteiger partial charge < -0.3 is 15.0 Å². The second kappa shape index (κ2) is 5.54. The predicted octanol–water partition coefficient (Wildman–Crippen LogP) is 0.959. The summed E-state index contributed by atoms with van der Waals surface area (Å²) in [4.78, 5) is 22.8. The van der Waals surface area contributed by atoms with E-state index in [4.69, 9.17) is 16.3 Å². The molecule has 1 saturated carbocycles. The highest BCUT2D eigenvalue weighted by Crippen LogP contribution is 2.39. The molecule has 1 aromatic rings.